The summed E-state index contributed by atoms with van der Waals surface area (Å²) in [7, 11) is -3.66. The van der Waals surface area contributed by atoms with Gasteiger partial charge in [0.25, 0.3) is 10.0 Å². The fourth-order valence-electron chi connectivity index (χ4n) is 4.40. The average Bonchev–Trinajstić information content (AvgIpc) is 3.46. The standard InChI is InChI=1S/C25H24N4O3S2/c1-2-14-29(25-26-21(17-33-25)18-8-4-3-5-9-18)24(30)19-12-15-28(16-13-19)23-20-10-6-7-11-22(20)34(31,32)27-23/h2-11,17,19H,1,12-16H2. The van der Waals surface area contributed by atoms with Crippen LogP contribution in [0.1, 0.15) is 18.4 Å². The number of benzene rings is 2. The van der Waals surface area contributed by atoms with Crippen molar-refractivity contribution in [2.75, 3.05) is 24.5 Å². The Hall–Kier alpha value is -3.30. The lowest BCUT2D eigenvalue weighted by atomic mass is 9.94. The number of carbonyl (C=O) groups is 1. The monoisotopic (exact) mass is 492 g/mol. The number of sulfonamides is 1. The molecule has 0 unspecified atom stereocenters. The third-order valence-corrected chi connectivity index (χ3v) is 8.32. The molecule has 1 fully saturated rings. The Labute approximate surface area is 203 Å². The van der Waals surface area contributed by atoms with E-state index in [4.69, 9.17) is 4.98 Å². The number of hydrogen-bond acceptors (Lipinski definition) is 6. The molecule has 0 N–H and O–H groups in total. The van der Waals surface area contributed by atoms with E-state index in [-0.39, 0.29) is 16.7 Å². The van der Waals surface area contributed by atoms with Crippen LogP contribution in [0.4, 0.5) is 5.13 Å². The van der Waals surface area contributed by atoms with Gasteiger partial charge in [0.05, 0.1) is 5.69 Å². The number of aromatic nitrogens is 1. The molecule has 7 nitrogen and oxygen atoms in total. The second kappa shape index (κ2) is 9.15. The molecule has 0 radical (unpaired) electrons. The molecule has 2 aromatic carbocycles. The summed E-state index contributed by atoms with van der Waals surface area (Å²) in [5.74, 6) is 0.334. The first-order chi connectivity index (χ1) is 16.5. The Kier molecular flexibility index (Phi) is 6.05. The van der Waals surface area contributed by atoms with Crippen molar-refractivity contribution in [3.8, 4) is 11.3 Å². The summed E-state index contributed by atoms with van der Waals surface area (Å²) in [4.78, 5) is 22.1. The first-order valence-corrected chi connectivity index (χ1v) is 13.4. The number of anilines is 1. The number of thiazole rings is 1. The summed E-state index contributed by atoms with van der Waals surface area (Å²) >= 11 is 1.45. The number of carbonyl (C=O) groups excluding carboxylic acids is 1. The van der Waals surface area contributed by atoms with Gasteiger partial charge in [-0.25, -0.2) is 4.98 Å². The molecule has 0 saturated carbocycles. The molecule has 1 amide bonds. The van der Waals surface area contributed by atoms with Crippen LogP contribution in [0.2, 0.25) is 0 Å². The maximum Gasteiger partial charge on any atom is 0.285 e. The van der Waals surface area contributed by atoms with Gasteiger partial charge < -0.3 is 4.90 Å². The van der Waals surface area contributed by atoms with Crippen LogP contribution in [0.25, 0.3) is 11.3 Å². The largest absolute Gasteiger partial charge is 0.355 e. The molecule has 1 aromatic heterocycles. The third-order valence-electron chi connectivity index (χ3n) is 6.13. The van der Waals surface area contributed by atoms with Gasteiger partial charge in [0.2, 0.25) is 5.91 Å². The minimum Gasteiger partial charge on any atom is -0.355 e. The molecular weight excluding hydrogens is 468 g/mol. The van der Waals surface area contributed by atoms with Gasteiger partial charge in [0, 0.05) is 42.1 Å². The summed E-state index contributed by atoms with van der Waals surface area (Å²) in [5.41, 5.74) is 2.49. The molecule has 34 heavy (non-hydrogen) atoms. The highest BCUT2D eigenvalue weighted by Crippen LogP contribution is 2.32. The summed E-state index contributed by atoms with van der Waals surface area (Å²) in [6.45, 7) is 5.34. The van der Waals surface area contributed by atoms with Crippen molar-refractivity contribution < 1.29 is 13.2 Å². The lowest BCUT2D eigenvalue weighted by molar-refractivity contribution is -0.123. The topological polar surface area (TPSA) is 82.9 Å². The third kappa shape index (κ3) is 4.17. The first kappa shape index (κ1) is 22.5. The molecular formula is C25H24N4O3S2. The molecule has 3 aromatic rings. The number of likely N-dealkylation sites (tertiary alicyclic amines) is 1. The summed E-state index contributed by atoms with van der Waals surface area (Å²) < 4.78 is 28.8. The molecule has 0 bridgehead atoms. The van der Waals surface area contributed by atoms with Gasteiger partial charge in [0.15, 0.2) is 11.0 Å². The van der Waals surface area contributed by atoms with Crippen LogP contribution in [0.3, 0.4) is 0 Å². The number of hydrogen-bond donors (Lipinski definition) is 0. The van der Waals surface area contributed by atoms with Gasteiger partial charge in [0.1, 0.15) is 4.90 Å². The fourth-order valence-corrected chi connectivity index (χ4v) is 6.47. The molecule has 174 valence electrons. The number of nitrogens with zero attached hydrogens (tertiary/aromatic N) is 4. The maximum absolute atomic E-state index is 13.5. The molecule has 3 heterocycles. The normalized spacial score (nSPS) is 17.2. The van der Waals surface area contributed by atoms with Crippen LogP contribution in [-0.4, -0.2) is 49.7 Å². The van der Waals surface area contributed by atoms with Gasteiger partial charge >= 0.3 is 0 Å². The molecule has 0 aliphatic carbocycles. The zero-order valence-electron chi connectivity index (χ0n) is 18.5. The Bertz CT molecular complexity index is 1360. The van der Waals surface area contributed by atoms with Crippen LogP contribution in [0.15, 0.2) is 81.9 Å². The highest BCUT2D eigenvalue weighted by Gasteiger charge is 2.35. The van der Waals surface area contributed by atoms with Crippen molar-refractivity contribution in [2.24, 2.45) is 10.3 Å². The van der Waals surface area contributed by atoms with Gasteiger partial charge in [-0.2, -0.15) is 8.42 Å². The molecule has 5 rings (SSSR count). The van der Waals surface area contributed by atoms with E-state index >= 15 is 0 Å². The predicted octanol–water partition coefficient (Wildman–Crippen LogP) is 4.19. The van der Waals surface area contributed by atoms with Gasteiger partial charge in [-0.1, -0.05) is 48.5 Å². The van der Waals surface area contributed by atoms with Gasteiger partial charge in [-0.3, -0.25) is 9.69 Å². The second-order valence-corrected chi connectivity index (χ2v) is 10.7. The van der Waals surface area contributed by atoms with Crippen molar-refractivity contribution in [1.82, 2.24) is 9.88 Å². The molecule has 1 saturated heterocycles. The quantitative estimate of drug-likeness (QED) is 0.499. The van der Waals surface area contributed by atoms with Crippen molar-refractivity contribution in [3.05, 3.63) is 78.2 Å². The minimum absolute atomic E-state index is 0.0231. The molecule has 0 atom stereocenters. The zero-order chi connectivity index (χ0) is 23.7. The number of rotatable bonds is 5. The molecule has 0 spiro atoms. The fraction of sp³-hybridized carbons (Fsp3) is 0.240. The van der Waals surface area contributed by atoms with E-state index in [0.29, 0.717) is 49.0 Å². The Morgan fingerprint density at radius 3 is 2.56 bits per heavy atom. The number of piperidine rings is 1. The van der Waals surface area contributed by atoms with Crippen molar-refractivity contribution >= 4 is 38.2 Å². The number of fused-ring (bicyclic) bond motifs is 1. The SMILES string of the molecule is C=CCN(C(=O)C1CCN(C2=NS(=O)(=O)c3ccccc32)CC1)c1nc(-c2ccccc2)cs1. The van der Waals surface area contributed by atoms with Crippen LogP contribution in [0.5, 0.6) is 0 Å². The van der Waals surface area contributed by atoms with Crippen molar-refractivity contribution in [2.45, 2.75) is 17.7 Å². The number of amidine groups is 1. The van der Waals surface area contributed by atoms with E-state index in [2.05, 4.69) is 11.0 Å². The van der Waals surface area contributed by atoms with Crippen LogP contribution >= 0.6 is 11.3 Å². The first-order valence-electron chi connectivity index (χ1n) is 11.1. The Balaban J connectivity index is 1.30. The van der Waals surface area contributed by atoms with Crippen LogP contribution in [0, 0.1) is 5.92 Å². The molecule has 2 aliphatic heterocycles. The van der Waals surface area contributed by atoms with E-state index < -0.39 is 10.0 Å². The lowest BCUT2D eigenvalue weighted by Crippen LogP contribution is -2.44. The minimum atomic E-state index is -3.66. The van der Waals surface area contributed by atoms with Crippen molar-refractivity contribution in [1.29, 1.82) is 0 Å². The average molecular weight is 493 g/mol. The lowest BCUT2D eigenvalue weighted by Gasteiger charge is -2.34. The Morgan fingerprint density at radius 2 is 1.82 bits per heavy atom. The van der Waals surface area contributed by atoms with Crippen LogP contribution in [-0.2, 0) is 14.8 Å². The molecule has 2 aliphatic rings. The van der Waals surface area contributed by atoms with E-state index in [1.54, 1.807) is 29.2 Å². The summed E-state index contributed by atoms with van der Waals surface area (Å²) in [6, 6.07) is 16.8. The smallest absolute Gasteiger partial charge is 0.285 e. The van der Waals surface area contributed by atoms with E-state index in [9.17, 15) is 13.2 Å². The number of amides is 1. The van der Waals surface area contributed by atoms with E-state index in [1.807, 2.05) is 46.7 Å². The highest BCUT2D eigenvalue weighted by molar-refractivity contribution is 7.90. The van der Waals surface area contributed by atoms with Crippen molar-refractivity contribution in [3.63, 3.8) is 0 Å². The summed E-state index contributed by atoms with van der Waals surface area (Å²) in [6.07, 6.45) is 2.95. The van der Waals surface area contributed by atoms with Gasteiger partial charge in [-0.05, 0) is 25.0 Å². The maximum atomic E-state index is 13.5. The predicted molar refractivity (Wildman–Crippen MR) is 135 cm³/mol. The van der Waals surface area contributed by atoms with Crippen LogP contribution < -0.4 is 4.90 Å². The second-order valence-electron chi connectivity index (χ2n) is 8.27. The van der Waals surface area contributed by atoms with E-state index in [0.717, 1.165) is 11.3 Å². The highest BCUT2D eigenvalue weighted by atomic mass is 32.2. The summed E-state index contributed by atoms with van der Waals surface area (Å²) in [5, 5.41) is 2.62. The Morgan fingerprint density at radius 1 is 1.12 bits per heavy atom. The van der Waals surface area contributed by atoms with Gasteiger partial charge in [-0.15, -0.1) is 22.3 Å². The zero-order valence-corrected chi connectivity index (χ0v) is 20.1. The molecule has 9 heteroatoms. The van der Waals surface area contributed by atoms with E-state index in [1.165, 1.54) is 11.3 Å².